The summed E-state index contributed by atoms with van der Waals surface area (Å²) >= 11 is 0. The number of hydrogen-bond donors (Lipinski definition) is 4. The number of phenolic OH excluding ortho intramolecular Hbond substituents is 2. The van der Waals surface area contributed by atoms with Crippen LogP contribution in [0.5, 0.6) is 28.7 Å². The van der Waals surface area contributed by atoms with Crippen LogP contribution in [0, 0.1) is 25.2 Å². The molecular weight excluding hydrogens is 611 g/mol. The molecule has 1 saturated heterocycles. The predicted molar refractivity (Wildman–Crippen MR) is 155 cm³/mol. The Bertz CT molecular complexity index is 1680. The summed E-state index contributed by atoms with van der Waals surface area (Å²) in [7, 11) is 3.35. The van der Waals surface area contributed by atoms with Gasteiger partial charge in [0, 0.05) is 40.9 Å². The fourth-order valence-electron chi connectivity index (χ4n) is 7.74. The monoisotopic (exact) mass is 645 g/mol. The summed E-state index contributed by atoms with van der Waals surface area (Å²) in [4.78, 5) is 28.5. The molecule has 2 aromatic carbocycles. The summed E-state index contributed by atoms with van der Waals surface area (Å²) in [5.74, 6) is -2.18. The molecule has 1 fully saturated rings. The first-order chi connectivity index (χ1) is 21.7. The average Bonchev–Trinajstić information content (AvgIpc) is 3.48. The molecule has 0 spiro atoms. The van der Waals surface area contributed by atoms with E-state index in [0.717, 1.165) is 18.1 Å². The maximum Gasteiger partial charge on any atom is 0.471 e. The fourth-order valence-corrected chi connectivity index (χ4v) is 7.74. The number of carbonyl (C=O) groups excluding carboxylic acids is 2. The molecule has 2 aromatic rings. The van der Waals surface area contributed by atoms with Crippen LogP contribution in [0.4, 0.5) is 13.2 Å². The van der Waals surface area contributed by atoms with E-state index in [1.165, 1.54) is 7.11 Å². The predicted octanol–water partition coefficient (Wildman–Crippen LogP) is 2.41. The molecule has 1 unspecified atom stereocenters. The van der Waals surface area contributed by atoms with Gasteiger partial charge in [-0.15, -0.1) is 0 Å². The minimum absolute atomic E-state index is 0.0147. The lowest BCUT2D eigenvalue weighted by Gasteiger charge is -2.60. The van der Waals surface area contributed by atoms with Gasteiger partial charge in [-0.1, -0.05) is 6.07 Å². The Balaban J connectivity index is 1.47. The number of halogens is 3. The third-order valence-electron chi connectivity index (χ3n) is 9.76. The summed E-state index contributed by atoms with van der Waals surface area (Å²) in [5, 5.41) is 38.0. The van der Waals surface area contributed by atoms with Crippen LogP contribution in [0.25, 0.3) is 0 Å². The van der Waals surface area contributed by atoms with Crippen LogP contribution >= 0.6 is 0 Å². The average molecular weight is 646 g/mol. The number of nitriles is 1. The number of aryl methyl sites for hydroxylation is 1. The van der Waals surface area contributed by atoms with Crippen molar-refractivity contribution in [2.24, 2.45) is 0 Å². The third-order valence-corrected chi connectivity index (χ3v) is 9.76. The SMILES string of the molecule is COc1c(C)cc2c(c1O)[C@@H]1C3Cc4c(O)c(C)c5c(c4[C@H](CNC(=O)[C@@H](C)NC(=O)C(F)(F)F)N3[C@@H](C#N)[C@H](C2)N1C)OCO5. The topological polar surface area (TPSA) is 157 Å². The third kappa shape index (κ3) is 4.65. The number of nitrogens with zero attached hydrogens (tertiary/aromatic N) is 3. The van der Waals surface area contributed by atoms with Crippen molar-refractivity contribution in [1.29, 1.82) is 5.26 Å². The first-order valence-electron chi connectivity index (χ1n) is 14.8. The molecule has 6 atom stereocenters. The van der Waals surface area contributed by atoms with E-state index < -0.39 is 48.2 Å². The molecule has 2 amide bonds. The van der Waals surface area contributed by atoms with Crippen LogP contribution in [0.3, 0.4) is 0 Å². The number of fused-ring (bicyclic) bond motifs is 9. The highest BCUT2D eigenvalue weighted by molar-refractivity contribution is 5.89. The highest BCUT2D eigenvalue weighted by atomic mass is 19.4. The normalized spacial score (nSPS) is 25.4. The van der Waals surface area contributed by atoms with E-state index in [2.05, 4.69) is 16.3 Å². The molecule has 12 nitrogen and oxygen atoms in total. The summed E-state index contributed by atoms with van der Waals surface area (Å²) < 4.78 is 55.7. The summed E-state index contributed by atoms with van der Waals surface area (Å²) in [6.45, 7) is 4.33. The van der Waals surface area contributed by atoms with Gasteiger partial charge >= 0.3 is 12.1 Å². The number of amides is 2. The Labute approximate surface area is 262 Å². The molecule has 246 valence electrons. The maximum atomic E-state index is 13.0. The quantitative estimate of drug-likeness (QED) is 0.381. The summed E-state index contributed by atoms with van der Waals surface area (Å²) in [5.41, 5.74) is 3.71. The van der Waals surface area contributed by atoms with Crippen molar-refractivity contribution in [3.63, 3.8) is 0 Å². The Hall–Kier alpha value is -4.42. The minimum atomic E-state index is -5.17. The molecule has 15 heteroatoms. The molecule has 0 aliphatic carbocycles. The molecule has 2 bridgehead atoms. The first kappa shape index (κ1) is 31.6. The molecule has 4 heterocycles. The molecule has 46 heavy (non-hydrogen) atoms. The molecular formula is C31H34F3N5O7. The van der Waals surface area contributed by atoms with Crippen molar-refractivity contribution in [1.82, 2.24) is 20.4 Å². The van der Waals surface area contributed by atoms with Gasteiger partial charge in [-0.2, -0.15) is 18.4 Å². The number of benzene rings is 2. The standard InChI is InChI=1S/C31H34F3N5O7/c1-12-6-15-7-17-19(9-35)39-18(23(38(17)4)21(15)25(41)26(12)44-5)8-16-22(28-27(45-11-46-28)13(2)24(16)40)20(39)10-36-29(42)14(3)37-30(43)31(32,33)34/h6,14,17-20,23,40-41H,7-8,10-11H2,1-5H3,(H,36,42)(H,37,43)/t14-,17+,18?,19+,20+,23+/m1/s1. The van der Waals surface area contributed by atoms with Crippen LogP contribution < -0.4 is 24.8 Å². The Morgan fingerprint density at radius 2 is 1.85 bits per heavy atom. The van der Waals surface area contributed by atoms with Gasteiger partial charge in [0.1, 0.15) is 17.8 Å². The van der Waals surface area contributed by atoms with Crippen LogP contribution in [-0.4, -0.2) is 89.7 Å². The zero-order valence-electron chi connectivity index (χ0n) is 25.8. The Morgan fingerprint density at radius 3 is 2.50 bits per heavy atom. The highest BCUT2D eigenvalue weighted by Crippen LogP contribution is 2.58. The number of methoxy groups -OCH3 is 1. The largest absolute Gasteiger partial charge is 0.507 e. The molecule has 6 rings (SSSR count). The molecule has 4 N–H and O–H groups in total. The van der Waals surface area contributed by atoms with Gasteiger partial charge in [0.05, 0.1) is 25.3 Å². The van der Waals surface area contributed by atoms with Gasteiger partial charge in [-0.3, -0.25) is 19.4 Å². The number of nitrogens with one attached hydrogen (secondary N) is 2. The Kier molecular flexibility index (Phi) is 7.63. The van der Waals surface area contributed by atoms with E-state index in [9.17, 15) is 38.2 Å². The van der Waals surface area contributed by atoms with Gasteiger partial charge in [0.15, 0.2) is 23.0 Å². The number of hydrogen-bond acceptors (Lipinski definition) is 10. The lowest BCUT2D eigenvalue weighted by molar-refractivity contribution is -0.174. The second kappa shape index (κ2) is 11.1. The first-order valence-corrected chi connectivity index (χ1v) is 14.8. The lowest BCUT2D eigenvalue weighted by atomic mass is 9.71. The van der Waals surface area contributed by atoms with Crippen LogP contribution in [0.1, 0.15) is 52.4 Å². The number of phenols is 2. The van der Waals surface area contributed by atoms with Crippen molar-refractivity contribution in [2.75, 3.05) is 27.5 Å². The number of alkyl halides is 3. The Morgan fingerprint density at radius 1 is 1.15 bits per heavy atom. The van der Waals surface area contributed by atoms with E-state index in [0.29, 0.717) is 45.9 Å². The summed E-state index contributed by atoms with van der Waals surface area (Å²) in [6.07, 6.45) is -4.51. The van der Waals surface area contributed by atoms with E-state index >= 15 is 0 Å². The van der Waals surface area contributed by atoms with E-state index in [1.807, 2.05) is 24.9 Å². The van der Waals surface area contributed by atoms with E-state index in [4.69, 9.17) is 14.2 Å². The van der Waals surface area contributed by atoms with Crippen LogP contribution in [0.2, 0.25) is 0 Å². The van der Waals surface area contributed by atoms with Gasteiger partial charge in [-0.05, 0) is 51.8 Å². The second-order valence-electron chi connectivity index (χ2n) is 12.2. The van der Waals surface area contributed by atoms with Gasteiger partial charge in [-0.25, -0.2) is 0 Å². The number of aromatic hydroxyl groups is 2. The second-order valence-corrected chi connectivity index (χ2v) is 12.2. The van der Waals surface area contributed by atoms with Crippen LogP contribution in [-0.2, 0) is 22.4 Å². The smallest absolute Gasteiger partial charge is 0.471 e. The summed E-state index contributed by atoms with van der Waals surface area (Å²) in [6, 6.07) is -0.0339. The molecule has 0 radical (unpaired) electrons. The number of likely N-dealkylation sites (N-methyl/N-ethyl adjacent to an activating group) is 1. The zero-order chi connectivity index (χ0) is 33.4. The highest BCUT2D eigenvalue weighted by Gasteiger charge is 2.56. The van der Waals surface area contributed by atoms with Gasteiger partial charge < -0.3 is 35.1 Å². The zero-order valence-corrected chi connectivity index (χ0v) is 25.8. The van der Waals surface area contributed by atoms with Crippen molar-refractivity contribution < 1.29 is 47.2 Å². The minimum Gasteiger partial charge on any atom is -0.507 e. The molecule has 0 aromatic heterocycles. The number of piperazine rings is 1. The van der Waals surface area contributed by atoms with Crippen molar-refractivity contribution in [3.05, 3.63) is 39.4 Å². The number of rotatable bonds is 5. The van der Waals surface area contributed by atoms with Crippen molar-refractivity contribution in [2.45, 2.75) is 76.0 Å². The van der Waals surface area contributed by atoms with E-state index in [1.54, 1.807) is 12.2 Å². The van der Waals surface area contributed by atoms with Gasteiger partial charge in [0.2, 0.25) is 12.7 Å². The molecule has 4 aliphatic heterocycles. The van der Waals surface area contributed by atoms with E-state index in [-0.39, 0.29) is 37.3 Å². The van der Waals surface area contributed by atoms with Gasteiger partial charge in [0.25, 0.3) is 0 Å². The molecule has 0 saturated carbocycles. The number of ether oxygens (including phenoxy) is 3. The lowest BCUT2D eigenvalue weighted by Crippen LogP contribution is -2.69. The van der Waals surface area contributed by atoms with Crippen molar-refractivity contribution >= 4 is 11.8 Å². The molecule has 4 aliphatic rings. The maximum absolute atomic E-state index is 13.0. The van der Waals surface area contributed by atoms with Crippen LogP contribution in [0.15, 0.2) is 6.07 Å². The number of carbonyl (C=O) groups is 2. The fraction of sp³-hybridized carbons (Fsp3) is 0.516. The van der Waals surface area contributed by atoms with Crippen molar-refractivity contribution in [3.8, 4) is 34.8 Å².